The zero-order valence-corrected chi connectivity index (χ0v) is 8.59. The number of ether oxygens (including phenoxy) is 2. The number of unbranched alkanes of at least 4 members (excludes halogenated alkanes) is 1. The van der Waals surface area contributed by atoms with Gasteiger partial charge in [-0.3, -0.25) is 0 Å². The zero-order valence-electron chi connectivity index (χ0n) is 6.96. The Bertz CT molecular complexity index is 107. The van der Waals surface area contributed by atoms with Crippen LogP contribution in [0.15, 0.2) is 0 Å². The summed E-state index contributed by atoms with van der Waals surface area (Å²) in [6.45, 7) is 2.85. The van der Waals surface area contributed by atoms with Crippen molar-refractivity contribution < 1.29 is 9.47 Å². The van der Waals surface area contributed by atoms with Crippen LogP contribution in [0.5, 0.6) is 0 Å². The minimum Gasteiger partial charge on any atom is -0.479 e. The molecule has 4 heteroatoms. The molecule has 2 nitrogen and oxygen atoms in total. The second kappa shape index (κ2) is 8.30. The van der Waals surface area contributed by atoms with E-state index >= 15 is 0 Å². The van der Waals surface area contributed by atoms with Crippen molar-refractivity contribution in [1.82, 2.24) is 0 Å². The van der Waals surface area contributed by atoms with Gasteiger partial charge in [0.25, 0.3) is 0 Å². The van der Waals surface area contributed by atoms with E-state index in [0.29, 0.717) is 10.3 Å². The summed E-state index contributed by atoms with van der Waals surface area (Å²) in [7, 11) is 1.64. The molecule has 0 aromatic heterocycles. The van der Waals surface area contributed by atoms with Crippen molar-refractivity contribution in [3.63, 3.8) is 0 Å². The maximum absolute atomic E-state index is 5.20. The highest BCUT2D eigenvalue weighted by molar-refractivity contribution is 8.22. The lowest BCUT2D eigenvalue weighted by Gasteiger charge is -2.04. The van der Waals surface area contributed by atoms with Crippen molar-refractivity contribution >= 4 is 28.4 Å². The molecule has 0 N–H and O–H groups in total. The Kier molecular flexibility index (Phi) is 8.45. The van der Waals surface area contributed by atoms with Gasteiger partial charge in [-0.2, -0.15) is 0 Å². The van der Waals surface area contributed by atoms with E-state index in [0.717, 1.165) is 19.4 Å². The first kappa shape index (κ1) is 11.2. The van der Waals surface area contributed by atoms with E-state index in [1.54, 1.807) is 7.11 Å². The Morgan fingerprint density at radius 3 is 2.82 bits per heavy atom. The molecule has 0 saturated heterocycles. The van der Waals surface area contributed by atoms with Crippen LogP contribution in [0, 0.1) is 0 Å². The van der Waals surface area contributed by atoms with E-state index in [9.17, 15) is 0 Å². The van der Waals surface area contributed by atoms with E-state index in [-0.39, 0.29) is 0 Å². The predicted octanol–water partition coefficient (Wildman–Crippen LogP) is 2.43. The smallest absolute Gasteiger partial charge is 0.222 e. The average molecular weight is 194 g/mol. The van der Waals surface area contributed by atoms with Gasteiger partial charge in [-0.05, 0) is 30.4 Å². The summed E-state index contributed by atoms with van der Waals surface area (Å²) in [6.07, 6.45) is 2.20. The first-order valence-corrected chi connectivity index (χ1v) is 4.99. The molecule has 0 rings (SSSR count). The maximum Gasteiger partial charge on any atom is 0.222 e. The third-order valence-electron chi connectivity index (χ3n) is 1.01. The van der Waals surface area contributed by atoms with Gasteiger partial charge < -0.3 is 9.47 Å². The molecule has 0 aliphatic rings. The number of thiocarbonyl (C=S) groups is 1. The Morgan fingerprint density at radius 1 is 1.55 bits per heavy atom. The highest BCUT2D eigenvalue weighted by Crippen LogP contribution is 2.05. The summed E-state index contributed by atoms with van der Waals surface area (Å²) < 4.78 is 10.6. The largest absolute Gasteiger partial charge is 0.479 e. The van der Waals surface area contributed by atoms with Gasteiger partial charge in [0.1, 0.15) is 5.94 Å². The minimum atomic E-state index is 0.574. The quantitative estimate of drug-likeness (QED) is 0.380. The minimum absolute atomic E-state index is 0.574. The third-order valence-corrected chi connectivity index (χ3v) is 2.19. The maximum atomic E-state index is 5.20. The van der Waals surface area contributed by atoms with E-state index in [2.05, 4.69) is 6.92 Å². The molecule has 0 aromatic rings. The number of rotatable bonds is 5. The van der Waals surface area contributed by atoms with Crippen molar-refractivity contribution in [3.05, 3.63) is 0 Å². The van der Waals surface area contributed by atoms with Crippen LogP contribution in [0.1, 0.15) is 19.8 Å². The molecular weight excluding hydrogens is 180 g/mol. The van der Waals surface area contributed by atoms with Gasteiger partial charge in [-0.15, -0.1) is 0 Å². The summed E-state index contributed by atoms with van der Waals surface area (Å²) in [5, 5.41) is 0. The molecule has 11 heavy (non-hydrogen) atoms. The van der Waals surface area contributed by atoms with Gasteiger partial charge in [0, 0.05) is 7.11 Å². The second-order valence-corrected chi connectivity index (χ2v) is 3.53. The zero-order chi connectivity index (χ0) is 8.53. The molecular formula is C7H14O2S2. The van der Waals surface area contributed by atoms with Crippen LogP contribution in [0.3, 0.4) is 0 Å². The molecule has 0 spiro atoms. The van der Waals surface area contributed by atoms with E-state index < -0.39 is 0 Å². The molecule has 0 aliphatic heterocycles. The number of methoxy groups -OCH3 is 1. The molecule has 0 aromatic carbocycles. The molecule has 0 bridgehead atoms. The van der Waals surface area contributed by atoms with E-state index in [1.807, 2.05) is 0 Å². The highest BCUT2D eigenvalue weighted by atomic mass is 32.2. The molecule has 0 saturated carbocycles. The standard InChI is InChI=1S/C7H14O2S2/c1-3-4-5-9-7(10)11-6-8-2/h3-6H2,1-2H3. The molecule has 0 unspecified atom stereocenters. The van der Waals surface area contributed by atoms with Gasteiger partial charge in [-0.1, -0.05) is 13.3 Å². The lowest BCUT2D eigenvalue weighted by molar-refractivity contribution is 0.258. The fourth-order valence-electron chi connectivity index (χ4n) is 0.449. The lowest BCUT2D eigenvalue weighted by atomic mass is 10.4. The summed E-state index contributed by atoms with van der Waals surface area (Å²) >= 11 is 6.31. The van der Waals surface area contributed by atoms with Gasteiger partial charge in [0.15, 0.2) is 0 Å². The van der Waals surface area contributed by atoms with Crippen molar-refractivity contribution in [2.45, 2.75) is 19.8 Å². The van der Waals surface area contributed by atoms with Crippen molar-refractivity contribution in [1.29, 1.82) is 0 Å². The molecule has 0 amide bonds. The van der Waals surface area contributed by atoms with E-state index in [1.165, 1.54) is 11.8 Å². The Morgan fingerprint density at radius 2 is 2.27 bits per heavy atom. The molecule has 66 valence electrons. The normalized spacial score (nSPS) is 9.64. The van der Waals surface area contributed by atoms with Crippen LogP contribution >= 0.6 is 24.0 Å². The van der Waals surface area contributed by atoms with Crippen LogP contribution in [0.4, 0.5) is 0 Å². The molecule has 0 heterocycles. The second-order valence-electron chi connectivity index (χ2n) is 2.00. The fourth-order valence-corrected chi connectivity index (χ4v) is 1.06. The van der Waals surface area contributed by atoms with Gasteiger partial charge in [0.05, 0.1) is 6.61 Å². The molecule has 0 radical (unpaired) electrons. The first-order valence-electron chi connectivity index (χ1n) is 3.59. The predicted molar refractivity (Wildman–Crippen MR) is 52.9 cm³/mol. The lowest BCUT2D eigenvalue weighted by Crippen LogP contribution is -2.00. The summed E-state index contributed by atoms with van der Waals surface area (Å²) in [6, 6.07) is 0. The van der Waals surface area contributed by atoms with E-state index in [4.69, 9.17) is 21.7 Å². The molecule has 0 aliphatic carbocycles. The average Bonchev–Trinajstić information content (AvgIpc) is 2.01. The van der Waals surface area contributed by atoms with Crippen LogP contribution in [0.2, 0.25) is 0 Å². The van der Waals surface area contributed by atoms with Crippen LogP contribution < -0.4 is 0 Å². The molecule has 0 atom stereocenters. The number of thioether (sulfide) groups is 1. The fraction of sp³-hybridized carbons (Fsp3) is 0.857. The van der Waals surface area contributed by atoms with Crippen molar-refractivity contribution in [2.24, 2.45) is 0 Å². The molecule has 0 fully saturated rings. The van der Waals surface area contributed by atoms with Crippen molar-refractivity contribution in [2.75, 3.05) is 19.7 Å². The summed E-state index contributed by atoms with van der Waals surface area (Å²) in [4.78, 5) is 0. The van der Waals surface area contributed by atoms with Crippen LogP contribution in [-0.2, 0) is 9.47 Å². The monoisotopic (exact) mass is 194 g/mol. The Hall–Kier alpha value is 0.200. The number of hydrogen-bond acceptors (Lipinski definition) is 4. The number of hydrogen-bond donors (Lipinski definition) is 0. The first-order chi connectivity index (χ1) is 5.31. The van der Waals surface area contributed by atoms with Gasteiger partial charge in [0.2, 0.25) is 4.38 Å². The third kappa shape index (κ3) is 8.10. The van der Waals surface area contributed by atoms with Crippen LogP contribution in [0.25, 0.3) is 0 Å². The SMILES string of the molecule is CCCCOC(=S)SCOC. The topological polar surface area (TPSA) is 18.5 Å². The Balaban J connectivity index is 3.09. The highest BCUT2D eigenvalue weighted by Gasteiger charge is 1.96. The Labute approximate surface area is 77.6 Å². The van der Waals surface area contributed by atoms with Crippen LogP contribution in [-0.4, -0.2) is 24.0 Å². The van der Waals surface area contributed by atoms with Gasteiger partial charge in [-0.25, -0.2) is 0 Å². The van der Waals surface area contributed by atoms with Crippen molar-refractivity contribution in [3.8, 4) is 0 Å². The summed E-state index contributed by atoms with van der Waals surface area (Å²) in [5.74, 6) is 0.574. The van der Waals surface area contributed by atoms with Gasteiger partial charge >= 0.3 is 0 Å². The summed E-state index contributed by atoms with van der Waals surface area (Å²) in [5.41, 5.74) is 0.